The van der Waals surface area contributed by atoms with Crippen molar-refractivity contribution in [1.82, 2.24) is 5.32 Å². The monoisotopic (exact) mass is 358 g/mol. The van der Waals surface area contributed by atoms with Gasteiger partial charge in [-0.15, -0.1) is 11.3 Å². The number of anilines is 1. The third kappa shape index (κ3) is 4.22. The van der Waals surface area contributed by atoms with Crippen LogP contribution in [0.25, 0.3) is 11.1 Å². The number of benzene rings is 1. The van der Waals surface area contributed by atoms with E-state index >= 15 is 0 Å². The molecule has 25 heavy (non-hydrogen) atoms. The zero-order chi connectivity index (χ0) is 17.6. The highest BCUT2D eigenvalue weighted by Crippen LogP contribution is 2.39. The fourth-order valence-corrected chi connectivity index (χ4v) is 4.20. The second-order valence-corrected chi connectivity index (χ2v) is 7.31. The van der Waals surface area contributed by atoms with Crippen molar-refractivity contribution in [2.45, 2.75) is 32.7 Å². The Bertz CT molecular complexity index is 689. The number of hydrogen-bond acceptors (Lipinski definition) is 4. The number of rotatable bonds is 6. The van der Waals surface area contributed by atoms with Crippen LogP contribution in [0.4, 0.5) is 5.00 Å². The van der Waals surface area contributed by atoms with E-state index in [1.165, 1.54) is 5.00 Å². The number of nitrogens with zero attached hydrogens (tertiary/aromatic N) is 1. The largest absolute Gasteiger partial charge is 0.378 e. The first-order valence-corrected chi connectivity index (χ1v) is 9.87. The number of carbonyl (C=O) groups is 1. The van der Waals surface area contributed by atoms with E-state index in [1.54, 1.807) is 11.3 Å². The van der Waals surface area contributed by atoms with Crippen LogP contribution in [0.3, 0.4) is 0 Å². The van der Waals surface area contributed by atoms with Crippen LogP contribution in [0.5, 0.6) is 0 Å². The number of nitrogens with one attached hydrogen (secondary N) is 1. The molecule has 0 aliphatic carbocycles. The molecule has 5 heteroatoms. The van der Waals surface area contributed by atoms with E-state index in [9.17, 15) is 4.79 Å². The number of carbonyl (C=O) groups excluding carboxylic acids is 1. The first kappa shape index (κ1) is 18.0. The minimum atomic E-state index is 0.0374. The SMILES string of the molecule is CCC(CC)NC(=O)c1cc(-c2ccccc2)c(N2CCOCC2)s1. The predicted molar refractivity (Wildman–Crippen MR) is 105 cm³/mol. The fraction of sp³-hybridized carbons (Fsp3) is 0.450. The minimum Gasteiger partial charge on any atom is -0.378 e. The van der Waals surface area contributed by atoms with Gasteiger partial charge in [-0.25, -0.2) is 0 Å². The highest BCUT2D eigenvalue weighted by molar-refractivity contribution is 7.18. The van der Waals surface area contributed by atoms with Crippen LogP contribution in [0.2, 0.25) is 0 Å². The van der Waals surface area contributed by atoms with Crippen LogP contribution in [-0.2, 0) is 4.74 Å². The minimum absolute atomic E-state index is 0.0374. The van der Waals surface area contributed by atoms with Gasteiger partial charge in [0, 0.05) is 24.7 Å². The molecule has 3 rings (SSSR count). The lowest BCUT2D eigenvalue weighted by atomic mass is 10.1. The smallest absolute Gasteiger partial charge is 0.261 e. The molecule has 0 atom stereocenters. The predicted octanol–water partition coefficient (Wildman–Crippen LogP) is 4.17. The van der Waals surface area contributed by atoms with Crippen LogP contribution in [0.15, 0.2) is 36.4 Å². The Morgan fingerprint density at radius 1 is 1.20 bits per heavy atom. The van der Waals surface area contributed by atoms with Gasteiger partial charge in [0.1, 0.15) is 0 Å². The molecule has 1 saturated heterocycles. The molecule has 1 aliphatic rings. The maximum Gasteiger partial charge on any atom is 0.261 e. The normalized spacial score (nSPS) is 14.8. The Hall–Kier alpha value is -1.85. The molecule has 0 saturated carbocycles. The Morgan fingerprint density at radius 3 is 2.52 bits per heavy atom. The molecule has 1 aliphatic heterocycles. The Balaban J connectivity index is 1.92. The fourth-order valence-electron chi connectivity index (χ4n) is 3.07. The lowest BCUT2D eigenvalue weighted by Gasteiger charge is -2.28. The summed E-state index contributed by atoms with van der Waals surface area (Å²) in [5, 5.41) is 4.33. The van der Waals surface area contributed by atoms with Gasteiger partial charge in [0.15, 0.2) is 0 Å². The van der Waals surface area contributed by atoms with E-state index in [0.717, 1.165) is 55.1 Å². The molecule has 0 bridgehead atoms. The van der Waals surface area contributed by atoms with Gasteiger partial charge in [0.25, 0.3) is 5.91 Å². The summed E-state index contributed by atoms with van der Waals surface area (Å²) in [6, 6.07) is 12.6. The topological polar surface area (TPSA) is 41.6 Å². The molecule has 1 amide bonds. The van der Waals surface area contributed by atoms with Gasteiger partial charge in [0.2, 0.25) is 0 Å². The molecule has 0 unspecified atom stereocenters. The van der Waals surface area contributed by atoms with Crippen molar-refractivity contribution < 1.29 is 9.53 Å². The summed E-state index contributed by atoms with van der Waals surface area (Å²) in [6.45, 7) is 7.43. The van der Waals surface area contributed by atoms with Gasteiger partial charge in [-0.3, -0.25) is 4.79 Å². The molecular weight excluding hydrogens is 332 g/mol. The van der Waals surface area contributed by atoms with Crippen LogP contribution in [0.1, 0.15) is 36.4 Å². The molecule has 0 radical (unpaired) electrons. The van der Waals surface area contributed by atoms with Crippen LogP contribution >= 0.6 is 11.3 Å². The van der Waals surface area contributed by atoms with Crippen LogP contribution in [-0.4, -0.2) is 38.3 Å². The van der Waals surface area contributed by atoms with Gasteiger partial charge >= 0.3 is 0 Å². The van der Waals surface area contributed by atoms with Gasteiger partial charge < -0.3 is 15.0 Å². The molecule has 134 valence electrons. The van der Waals surface area contributed by atoms with Crippen LogP contribution in [0, 0.1) is 0 Å². The molecule has 0 spiro atoms. The zero-order valence-corrected chi connectivity index (χ0v) is 15.8. The van der Waals surface area contributed by atoms with E-state index in [4.69, 9.17) is 4.74 Å². The number of amides is 1. The molecule has 2 heterocycles. The van der Waals surface area contributed by atoms with E-state index in [1.807, 2.05) is 24.3 Å². The van der Waals surface area contributed by atoms with Gasteiger partial charge in [-0.2, -0.15) is 0 Å². The quantitative estimate of drug-likeness (QED) is 0.843. The van der Waals surface area contributed by atoms with Crippen molar-refractivity contribution >= 4 is 22.2 Å². The zero-order valence-electron chi connectivity index (χ0n) is 15.0. The van der Waals surface area contributed by atoms with Crippen molar-refractivity contribution in [2.75, 3.05) is 31.2 Å². The van der Waals surface area contributed by atoms with Gasteiger partial charge in [-0.1, -0.05) is 44.2 Å². The summed E-state index contributed by atoms with van der Waals surface area (Å²) < 4.78 is 5.49. The highest BCUT2D eigenvalue weighted by atomic mass is 32.1. The van der Waals surface area contributed by atoms with Crippen molar-refractivity contribution in [3.8, 4) is 11.1 Å². The van der Waals surface area contributed by atoms with Crippen molar-refractivity contribution in [2.24, 2.45) is 0 Å². The van der Waals surface area contributed by atoms with E-state index in [2.05, 4.69) is 36.2 Å². The molecular formula is C20H26N2O2S. The number of morpholine rings is 1. The average molecular weight is 359 g/mol. The summed E-state index contributed by atoms with van der Waals surface area (Å²) in [5.41, 5.74) is 2.30. The number of hydrogen-bond donors (Lipinski definition) is 1. The summed E-state index contributed by atoms with van der Waals surface area (Å²) in [5.74, 6) is 0.0374. The first-order chi connectivity index (χ1) is 12.2. The molecule has 1 aromatic carbocycles. The Labute approximate surface area is 153 Å². The summed E-state index contributed by atoms with van der Waals surface area (Å²) in [7, 11) is 0. The Kier molecular flexibility index (Phi) is 6.10. The lowest BCUT2D eigenvalue weighted by molar-refractivity contribution is 0.0939. The molecule has 1 aromatic heterocycles. The van der Waals surface area contributed by atoms with Gasteiger partial charge in [0.05, 0.1) is 23.1 Å². The third-order valence-corrected chi connectivity index (χ3v) is 5.83. The second kappa shape index (κ2) is 8.50. The lowest BCUT2D eigenvalue weighted by Crippen LogP contribution is -2.36. The molecule has 4 nitrogen and oxygen atoms in total. The standard InChI is InChI=1S/C20H26N2O2S/c1-3-16(4-2)21-19(23)18-14-17(15-8-6-5-7-9-15)20(25-18)22-10-12-24-13-11-22/h5-9,14,16H,3-4,10-13H2,1-2H3,(H,21,23). The number of thiophene rings is 1. The first-order valence-electron chi connectivity index (χ1n) is 9.05. The second-order valence-electron chi connectivity index (χ2n) is 6.28. The molecule has 1 N–H and O–H groups in total. The Morgan fingerprint density at radius 2 is 1.88 bits per heavy atom. The van der Waals surface area contributed by atoms with Crippen molar-refractivity contribution in [1.29, 1.82) is 0 Å². The molecule has 2 aromatic rings. The van der Waals surface area contributed by atoms with Crippen molar-refractivity contribution in [3.05, 3.63) is 41.3 Å². The van der Waals surface area contributed by atoms with Crippen molar-refractivity contribution in [3.63, 3.8) is 0 Å². The summed E-state index contributed by atoms with van der Waals surface area (Å²) in [4.78, 5) is 15.8. The van der Waals surface area contributed by atoms with E-state index < -0.39 is 0 Å². The van der Waals surface area contributed by atoms with Gasteiger partial charge in [-0.05, 0) is 24.5 Å². The van der Waals surface area contributed by atoms with E-state index in [-0.39, 0.29) is 11.9 Å². The maximum absolute atomic E-state index is 12.7. The highest BCUT2D eigenvalue weighted by Gasteiger charge is 2.22. The van der Waals surface area contributed by atoms with E-state index in [0.29, 0.717) is 0 Å². The third-order valence-electron chi connectivity index (χ3n) is 4.64. The maximum atomic E-state index is 12.7. The summed E-state index contributed by atoms with van der Waals surface area (Å²) in [6.07, 6.45) is 1.91. The van der Waals surface area contributed by atoms with Crippen LogP contribution < -0.4 is 10.2 Å². The average Bonchev–Trinajstić information content (AvgIpc) is 3.13. The molecule has 1 fully saturated rings. The number of ether oxygens (including phenoxy) is 1. The summed E-state index contributed by atoms with van der Waals surface area (Å²) >= 11 is 1.59.